The summed E-state index contributed by atoms with van der Waals surface area (Å²) < 4.78 is 4.60. The van der Waals surface area contributed by atoms with Crippen molar-refractivity contribution < 1.29 is 19.4 Å². The molecule has 2 rings (SSSR count). The van der Waals surface area contributed by atoms with E-state index in [2.05, 4.69) is 4.74 Å². The molecule has 0 heterocycles. The summed E-state index contributed by atoms with van der Waals surface area (Å²) in [5.74, 6) is 0.623. The van der Waals surface area contributed by atoms with Gasteiger partial charge in [0, 0.05) is 6.42 Å². The van der Waals surface area contributed by atoms with E-state index in [0.29, 0.717) is 24.2 Å². The molecule has 0 radical (unpaired) electrons. The van der Waals surface area contributed by atoms with Gasteiger partial charge < -0.3 is 9.84 Å². The van der Waals surface area contributed by atoms with Gasteiger partial charge in [0.1, 0.15) is 0 Å². The Morgan fingerprint density at radius 2 is 1.89 bits per heavy atom. The largest absolute Gasteiger partial charge is 0.481 e. The lowest BCUT2D eigenvalue weighted by atomic mass is 9.76. The Bertz CT molecular complexity index is 339. The number of fused-ring (bicyclic) bond motifs is 2. The molecule has 0 spiro atoms. The van der Waals surface area contributed by atoms with Gasteiger partial charge in [-0.05, 0) is 49.9 Å². The average Bonchev–Trinajstić information content (AvgIpc) is 2.98. The Morgan fingerprint density at radius 1 is 1.16 bits per heavy atom. The smallest absolute Gasteiger partial charge is 0.307 e. The maximum Gasteiger partial charge on any atom is 0.307 e. The molecule has 4 unspecified atom stereocenters. The van der Waals surface area contributed by atoms with Crippen LogP contribution >= 0.6 is 0 Å². The van der Waals surface area contributed by atoms with Crippen LogP contribution in [-0.2, 0) is 14.3 Å². The molecule has 0 aliphatic heterocycles. The van der Waals surface area contributed by atoms with Gasteiger partial charge in [0.05, 0.1) is 13.0 Å². The molecule has 0 amide bonds. The third-order valence-corrected chi connectivity index (χ3v) is 5.02. The van der Waals surface area contributed by atoms with Gasteiger partial charge in [-0.3, -0.25) is 9.59 Å². The predicted molar refractivity (Wildman–Crippen MR) is 70.5 cm³/mol. The van der Waals surface area contributed by atoms with Crippen LogP contribution in [0.2, 0.25) is 0 Å². The first kappa shape index (κ1) is 14.4. The quantitative estimate of drug-likeness (QED) is 0.569. The Kier molecular flexibility index (Phi) is 4.83. The fourth-order valence-electron chi connectivity index (χ4n) is 4.14. The minimum atomic E-state index is -0.591. The molecule has 2 saturated carbocycles. The minimum Gasteiger partial charge on any atom is -0.481 e. The number of carbonyl (C=O) groups excluding carboxylic acids is 1. The lowest BCUT2D eigenvalue weighted by molar-refractivity contribution is -0.145. The van der Waals surface area contributed by atoms with Gasteiger partial charge in [-0.1, -0.05) is 12.8 Å². The van der Waals surface area contributed by atoms with Gasteiger partial charge in [-0.2, -0.15) is 0 Å². The van der Waals surface area contributed by atoms with Crippen molar-refractivity contribution in [2.24, 2.45) is 23.7 Å². The summed E-state index contributed by atoms with van der Waals surface area (Å²) in [4.78, 5) is 22.3. The molecule has 4 atom stereocenters. The van der Waals surface area contributed by atoms with Crippen LogP contribution in [-0.4, -0.2) is 24.2 Å². The maximum atomic E-state index is 11.4. The van der Waals surface area contributed by atoms with Crippen molar-refractivity contribution in [2.45, 2.75) is 51.4 Å². The van der Waals surface area contributed by atoms with Crippen molar-refractivity contribution in [3.8, 4) is 0 Å². The van der Waals surface area contributed by atoms with Crippen LogP contribution in [0, 0.1) is 23.7 Å². The molecule has 19 heavy (non-hydrogen) atoms. The number of rotatable bonds is 7. The SMILES string of the molecule is COC(=O)CCCCCC1C2CCC(C2)C1C(=O)O. The number of aliphatic carboxylic acids is 1. The van der Waals surface area contributed by atoms with Gasteiger partial charge in [0.2, 0.25) is 0 Å². The topological polar surface area (TPSA) is 63.6 Å². The zero-order chi connectivity index (χ0) is 13.8. The van der Waals surface area contributed by atoms with Crippen molar-refractivity contribution in [3.63, 3.8) is 0 Å². The van der Waals surface area contributed by atoms with Crippen LogP contribution in [0.3, 0.4) is 0 Å². The molecule has 2 aliphatic carbocycles. The Morgan fingerprint density at radius 3 is 2.58 bits per heavy atom. The minimum absolute atomic E-state index is 0.0978. The van der Waals surface area contributed by atoms with E-state index in [-0.39, 0.29) is 11.9 Å². The molecule has 0 aromatic rings. The van der Waals surface area contributed by atoms with E-state index in [1.807, 2.05) is 0 Å². The summed E-state index contributed by atoms with van der Waals surface area (Å²) in [5.41, 5.74) is 0. The van der Waals surface area contributed by atoms with E-state index in [1.165, 1.54) is 13.5 Å². The lowest BCUT2D eigenvalue weighted by Gasteiger charge is -2.28. The van der Waals surface area contributed by atoms with Crippen molar-refractivity contribution in [1.29, 1.82) is 0 Å². The van der Waals surface area contributed by atoms with Gasteiger partial charge in [-0.25, -0.2) is 0 Å². The predicted octanol–water partition coefficient (Wildman–Crippen LogP) is 2.86. The number of hydrogen-bond acceptors (Lipinski definition) is 3. The first-order valence-corrected chi connectivity index (χ1v) is 7.43. The fraction of sp³-hybridized carbons (Fsp3) is 0.867. The summed E-state index contributed by atoms with van der Waals surface area (Å²) in [5, 5.41) is 9.35. The molecular formula is C15H24O4. The third-order valence-electron chi connectivity index (χ3n) is 5.02. The average molecular weight is 268 g/mol. The highest BCUT2D eigenvalue weighted by Gasteiger charge is 2.50. The van der Waals surface area contributed by atoms with E-state index in [0.717, 1.165) is 38.5 Å². The van der Waals surface area contributed by atoms with E-state index in [9.17, 15) is 14.7 Å². The second kappa shape index (κ2) is 6.40. The van der Waals surface area contributed by atoms with E-state index in [4.69, 9.17) is 0 Å². The lowest BCUT2D eigenvalue weighted by Crippen LogP contribution is -2.29. The number of carbonyl (C=O) groups is 2. The van der Waals surface area contributed by atoms with Crippen molar-refractivity contribution in [3.05, 3.63) is 0 Å². The summed E-state index contributed by atoms with van der Waals surface area (Å²) in [6.07, 6.45) is 7.84. The number of carboxylic acid groups (broad SMARTS) is 1. The molecule has 2 aliphatic rings. The molecular weight excluding hydrogens is 244 g/mol. The van der Waals surface area contributed by atoms with Crippen molar-refractivity contribution >= 4 is 11.9 Å². The molecule has 2 fully saturated rings. The highest BCUT2D eigenvalue weighted by atomic mass is 16.5. The Labute approximate surface area is 114 Å². The van der Waals surface area contributed by atoms with E-state index >= 15 is 0 Å². The number of esters is 1. The summed E-state index contributed by atoms with van der Waals surface area (Å²) in [7, 11) is 1.41. The van der Waals surface area contributed by atoms with Gasteiger partial charge in [0.25, 0.3) is 0 Å². The molecule has 0 saturated heterocycles. The third kappa shape index (κ3) is 3.28. The zero-order valence-corrected chi connectivity index (χ0v) is 11.6. The number of unbranched alkanes of at least 4 members (excludes halogenated alkanes) is 2. The zero-order valence-electron chi connectivity index (χ0n) is 11.6. The molecule has 1 N–H and O–H groups in total. The van der Waals surface area contributed by atoms with Crippen molar-refractivity contribution in [1.82, 2.24) is 0 Å². The number of carboxylic acids is 1. The van der Waals surface area contributed by atoms with Crippen LogP contribution in [0.15, 0.2) is 0 Å². The fourth-order valence-corrected chi connectivity index (χ4v) is 4.14. The van der Waals surface area contributed by atoms with Gasteiger partial charge in [0.15, 0.2) is 0 Å². The number of ether oxygens (including phenoxy) is 1. The second-order valence-corrected chi connectivity index (χ2v) is 6.04. The maximum absolute atomic E-state index is 11.4. The molecule has 108 valence electrons. The number of methoxy groups -OCH3 is 1. The summed E-state index contributed by atoms with van der Waals surface area (Å²) in [6, 6.07) is 0. The van der Waals surface area contributed by atoms with Gasteiger partial charge >= 0.3 is 11.9 Å². The van der Waals surface area contributed by atoms with Crippen LogP contribution in [0.5, 0.6) is 0 Å². The Balaban J connectivity index is 1.70. The Hall–Kier alpha value is -1.06. The first-order chi connectivity index (χ1) is 9.13. The first-order valence-electron chi connectivity index (χ1n) is 7.43. The normalized spacial score (nSPS) is 32.5. The molecule has 0 aromatic heterocycles. The highest BCUT2D eigenvalue weighted by Crippen LogP contribution is 2.54. The standard InChI is InChI=1S/C15H24O4/c1-19-13(16)6-4-2-3-5-12-10-7-8-11(9-10)14(12)15(17)18/h10-12,14H,2-9H2,1H3,(H,17,18). The monoisotopic (exact) mass is 268 g/mol. The molecule has 0 aromatic carbocycles. The summed E-state index contributed by atoms with van der Waals surface area (Å²) >= 11 is 0. The van der Waals surface area contributed by atoms with E-state index < -0.39 is 5.97 Å². The van der Waals surface area contributed by atoms with Crippen LogP contribution < -0.4 is 0 Å². The van der Waals surface area contributed by atoms with Crippen LogP contribution in [0.25, 0.3) is 0 Å². The van der Waals surface area contributed by atoms with Crippen LogP contribution in [0.1, 0.15) is 51.4 Å². The molecule has 4 nitrogen and oxygen atoms in total. The molecule has 4 heteroatoms. The van der Waals surface area contributed by atoms with Gasteiger partial charge in [-0.15, -0.1) is 0 Å². The molecule has 2 bridgehead atoms. The second-order valence-electron chi connectivity index (χ2n) is 6.04. The summed E-state index contributed by atoms with van der Waals surface area (Å²) in [6.45, 7) is 0. The number of hydrogen-bond donors (Lipinski definition) is 1. The highest BCUT2D eigenvalue weighted by molar-refractivity contribution is 5.71. The van der Waals surface area contributed by atoms with Crippen LogP contribution in [0.4, 0.5) is 0 Å². The van der Waals surface area contributed by atoms with Crippen molar-refractivity contribution in [2.75, 3.05) is 7.11 Å². The van der Waals surface area contributed by atoms with E-state index in [1.54, 1.807) is 0 Å².